The largest absolute Gasteiger partial charge is 0.459 e. The molecule has 0 saturated heterocycles. The molecule has 0 saturated carbocycles. The minimum Gasteiger partial charge on any atom is -0.459 e. The lowest BCUT2D eigenvalue weighted by atomic mass is 10.2. The Morgan fingerprint density at radius 2 is 2.24 bits per heavy atom. The molecule has 5 nitrogen and oxygen atoms in total. The molecule has 2 rings (SSSR count). The van der Waals surface area contributed by atoms with Crippen molar-refractivity contribution >= 4 is 17.3 Å². The summed E-state index contributed by atoms with van der Waals surface area (Å²) < 4.78 is 4.95. The number of amides is 1. The van der Waals surface area contributed by atoms with Crippen LogP contribution < -0.4 is 11.1 Å². The predicted octanol–water partition coefficient (Wildman–Crippen LogP) is 1.99. The number of rotatable bonds is 2. The van der Waals surface area contributed by atoms with Crippen molar-refractivity contribution in [1.82, 2.24) is 0 Å². The highest BCUT2D eigenvalue weighted by Gasteiger charge is 2.10. The first-order valence-electron chi connectivity index (χ1n) is 4.85. The van der Waals surface area contributed by atoms with Crippen LogP contribution in [0.2, 0.25) is 0 Å². The number of anilines is 2. The predicted molar refractivity (Wildman–Crippen MR) is 62.2 cm³/mol. The summed E-state index contributed by atoms with van der Waals surface area (Å²) in [5, 5.41) is 11.3. The second-order valence-corrected chi connectivity index (χ2v) is 3.35. The molecule has 84 valence electrons. The number of nitrogens with two attached hydrogens (primary N) is 1. The number of nitriles is 1. The van der Waals surface area contributed by atoms with Crippen LogP contribution in [-0.2, 0) is 0 Å². The second-order valence-electron chi connectivity index (χ2n) is 3.35. The summed E-state index contributed by atoms with van der Waals surface area (Å²) in [5.41, 5.74) is 6.93. The maximum atomic E-state index is 11.7. The lowest BCUT2D eigenvalue weighted by Gasteiger charge is -2.06. The van der Waals surface area contributed by atoms with Gasteiger partial charge in [0.2, 0.25) is 0 Å². The maximum Gasteiger partial charge on any atom is 0.291 e. The van der Waals surface area contributed by atoms with Crippen LogP contribution in [0.15, 0.2) is 41.0 Å². The average Bonchev–Trinajstić information content (AvgIpc) is 2.85. The Hall–Kier alpha value is -2.74. The van der Waals surface area contributed by atoms with E-state index in [1.165, 1.54) is 12.3 Å². The Morgan fingerprint density at radius 1 is 1.41 bits per heavy atom. The van der Waals surface area contributed by atoms with Crippen molar-refractivity contribution in [3.63, 3.8) is 0 Å². The van der Waals surface area contributed by atoms with Gasteiger partial charge in [0.15, 0.2) is 5.76 Å². The van der Waals surface area contributed by atoms with Crippen LogP contribution in [0.5, 0.6) is 0 Å². The number of nitrogens with one attached hydrogen (secondary N) is 1. The quantitative estimate of drug-likeness (QED) is 0.767. The topological polar surface area (TPSA) is 92.0 Å². The fraction of sp³-hybridized carbons (Fsp3) is 0. The van der Waals surface area contributed by atoms with Crippen molar-refractivity contribution in [1.29, 1.82) is 5.26 Å². The number of hydrogen-bond acceptors (Lipinski definition) is 4. The van der Waals surface area contributed by atoms with E-state index in [0.717, 1.165) is 0 Å². The highest BCUT2D eigenvalue weighted by molar-refractivity contribution is 6.03. The summed E-state index contributed by atoms with van der Waals surface area (Å²) >= 11 is 0. The van der Waals surface area contributed by atoms with Gasteiger partial charge in [-0.3, -0.25) is 4.79 Å². The van der Waals surface area contributed by atoms with E-state index in [-0.39, 0.29) is 11.7 Å². The van der Waals surface area contributed by atoms with Crippen LogP contribution in [0, 0.1) is 11.3 Å². The molecular weight excluding hydrogens is 218 g/mol. The van der Waals surface area contributed by atoms with E-state index in [0.29, 0.717) is 16.9 Å². The van der Waals surface area contributed by atoms with Crippen molar-refractivity contribution in [3.8, 4) is 6.07 Å². The minimum atomic E-state index is -0.383. The summed E-state index contributed by atoms with van der Waals surface area (Å²) in [5.74, 6) is -0.180. The number of carbonyl (C=O) groups is 1. The zero-order valence-electron chi connectivity index (χ0n) is 8.81. The van der Waals surface area contributed by atoms with Crippen LogP contribution in [-0.4, -0.2) is 5.91 Å². The Morgan fingerprint density at radius 3 is 2.82 bits per heavy atom. The molecule has 1 heterocycles. The van der Waals surface area contributed by atoms with Gasteiger partial charge in [-0.2, -0.15) is 5.26 Å². The third-order valence-electron chi connectivity index (χ3n) is 2.17. The fourth-order valence-electron chi connectivity index (χ4n) is 1.34. The molecule has 17 heavy (non-hydrogen) atoms. The number of nitrogens with zero attached hydrogens (tertiary/aromatic N) is 1. The molecule has 1 aromatic carbocycles. The highest BCUT2D eigenvalue weighted by atomic mass is 16.3. The van der Waals surface area contributed by atoms with Gasteiger partial charge in [0.05, 0.1) is 29.3 Å². The molecular formula is C12H9N3O2. The molecule has 0 fully saturated rings. The molecule has 0 aliphatic heterocycles. The van der Waals surface area contributed by atoms with Gasteiger partial charge < -0.3 is 15.5 Å². The standard InChI is InChI=1S/C12H9N3O2/c13-7-8-3-4-10(9(14)6-8)15-12(16)11-2-1-5-17-11/h1-6H,14H2,(H,15,16). The van der Waals surface area contributed by atoms with E-state index in [9.17, 15) is 4.79 Å². The summed E-state index contributed by atoms with van der Waals surface area (Å²) in [4.78, 5) is 11.7. The van der Waals surface area contributed by atoms with Crippen LogP contribution in [0.25, 0.3) is 0 Å². The first kappa shape index (κ1) is 10.8. The molecule has 5 heteroatoms. The lowest BCUT2D eigenvalue weighted by molar-refractivity contribution is 0.0996. The second kappa shape index (κ2) is 4.41. The summed E-state index contributed by atoms with van der Waals surface area (Å²) in [7, 11) is 0. The van der Waals surface area contributed by atoms with Gasteiger partial charge in [0.25, 0.3) is 5.91 Å². The monoisotopic (exact) mass is 227 g/mol. The summed E-state index contributed by atoms with van der Waals surface area (Å²) in [6.07, 6.45) is 1.41. The smallest absolute Gasteiger partial charge is 0.291 e. The molecule has 1 aromatic heterocycles. The lowest BCUT2D eigenvalue weighted by Crippen LogP contribution is -2.12. The molecule has 0 bridgehead atoms. The van der Waals surface area contributed by atoms with E-state index in [1.807, 2.05) is 6.07 Å². The van der Waals surface area contributed by atoms with Crippen LogP contribution in [0.4, 0.5) is 11.4 Å². The number of hydrogen-bond donors (Lipinski definition) is 2. The zero-order valence-corrected chi connectivity index (χ0v) is 8.81. The Labute approximate surface area is 97.5 Å². The molecule has 0 atom stereocenters. The Kier molecular flexibility index (Phi) is 2.79. The van der Waals surface area contributed by atoms with Crippen molar-refractivity contribution < 1.29 is 9.21 Å². The first-order valence-corrected chi connectivity index (χ1v) is 4.85. The van der Waals surface area contributed by atoms with Crippen molar-refractivity contribution in [3.05, 3.63) is 47.9 Å². The molecule has 0 aliphatic carbocycles. The molecule has 1 amide bonds. The van der Waals surface area contributed by atoms with Crippen molar-refractivity contribution in [2.45, 2.75) is 0 Å². The molecule has 2 aromatic rings. The van der Waals surface area contributed by atoms with Gasteiger partial charge in [-0.1, -0.05) is 0 Å². The number of carbonyl (C=O) groups excluding carboxylic acids is 1. The van der Waals surface area contributed by atoms with E-state index in [4.69, 9.17) is 15.4 Å². The van der Waals surface area contributed by atoms with Gasteiger partial charge in [0.1, 0.15) is 0 Å². The van der Waals surface area contributed by atoms with Crippen molar-refractivity contribution in [2.75, 3.05) is 11.1 Å². The maximum absolute atomic E-state index is 11.7. The van der Waals surface area contributed by atoms with Crippen LogP contribution in [0.3, 0.4) is 0 Å². The summed E-state index contributed by atoms with van der Waals surface area (Å²) in [6.45, 7) is 0. The average molecular weight is 227 g/mol. The molecule has 3 N–H and O–H groups in total. The van der Waals surface area contributed by atoms with Gasteiger partial charge in [-0.25, -0.2) is 0 Å². The zero-order chi connectivity index (χ0) is 12.3. The fourth-order valence-corrected chi connectivity index (χ4v) is 1.34. The van der Waals surface area contributed by atoms with E-state index in [2.05, 4.69) is 5.32 Å². The van der Waals surface area contributed by atoms with Gasteiger partial charge in [0, 0.05) is 0 Å². The number of benzene rings is 1. The van der Waals surface area contributed by atoms with E-state index >= 15 is 0 Å². The van der Waals surface area contributed by atoms with Crippen LogP contribution in [0.1, 0.15) is 16.1 Å². The van der Waals surface area contributed by atoms with Gasteiger partial charge in [-0.15, -0.1) is 0 Å². The van der Waals surface area contributed by atoms with Crippen molar-refractivity contribution in [2.24, 2.45) is 0 Å². The molecule has 0 spiro atoms. The first-order chi connectivity index (χ1) is 8.20. The highest BCUT2D eigenvalue weighted by Crippen LogP contribution is 2.20. The third-order valence-corrected chi connectivity index (χ3v) is 2.17. The molecule has 0 unspecified atom stereocenters. The summed E-state index contributed by atoms with van der Waals surface area (Å²) in [6, 6.07) is 9.79. The SMILES string of the molecule is N#Cc1ccc(NC(=O)c2ccco2)c(N)c1. The Bertz CT molecular complexity index is 582. The van der Waals surface area contributed by atoms with Gasteiger partial charge in [-0.05, 0) is 30.3 Å². The number of furan rings is 1. The number of nitrogen functional groups attached to an aromatic ring is 1. The molecule has 0 aliphatic rings. The Balaban J connectivity index is 2.20. The van der Waals surface area contributed by atoms with Crippen LogP contribution >= 0.6 is 0 Å². The normalized spacial score (nSPS) is 9.59. The third kappa shape index (κ3) is 2.26. The van der Waals surface area contributed by atoms with E-state index in [1.54, 1.807) is 24.3 Å². The molecule has 0 radical (unpaired) electrons. The minimum absolute atomic E-state index is 0.203. The van der Waals surface area contributed by atoms with Gasteiger partial charge >= 0.3 is 0 Å². The van der Waals surface area contributed by atoms with E-state index < -0.39 is 0 Å².